The topological polar surface area (TPSA) is 63.0 Å². The Bertz CT molecular complexity index is 956. The third-order valence-electron chi connectivity index (χ3n) is 4.20. The van der Waals surface area contributed by atoms with E-state index < -0.39 is 5.92 Å². The number of methoxy groups -OCH3 is 1. The number of hydrogen-bond donors (Lipinski definition) is 0. The molecule has 0 aliphatic carbocycles. The number of ketones is 1. The molecule has 3 aromatic rings. The summed E-state index contributed by atoms with van der Waals surface area (Å²) < 4.78 is 5.44. The number of nitrogens with zero attached hydrogens (tertiary/aromatic N) is 2. The molecule has 4 heteroatoms. The molecule has 3 rings (SSSR count). The van der Waals surface area contributed by atoms with Gasteiger partial charge < -0.3 is 4.74 Å². The van der Waals surface area contributed by atoms with E-state index in [-0.39, 0.29) is 5.78 Å². The van der Waals surface area contributed by atoms with Crippen LogP contribution in [-0.2, 0) is 11.2 Å². The largest absolute Gasteiger partial charge is 0.481 e. The quantitative estimate of drug-likeness (QED) is 0.708. The Labute approximate surface area is 146 Å². The molecule has 0 spiro atoms. The lowest BCUT2D eigenvalue weighted by atomic mass is 9.95. The summed E-state index contributed by atoms with van der Waals surface area (Å²) in [5.41, 5.74) is 3.69. The Hall–Kier alpha value is -3.19. The molecule has 0 fully saturated rings. The predicted molar refractivity (Wildman–Crippen MR) is 96.6 cm³/mol. The van der Waals surface area contributed by atoms with E-state index in [9.17, 15) is 4.79 Å². The molecule has 0 N–H and O–H groups in total. The number of ether oxygens (including phenoxy) is 1. The van der Waals surface area contributed by atoms with Gasteiger partial charge in [-0.05, 0) is 30.2 Å². The smallest absolute Gasteiger partial charge is 0.217 e. The van der Waals surface area contributed by atoms with Crippen molar-refractivity contribution in [3.8, 4) is 11.9 Å². The van der Waals surface area contributed by atoms with Gasteiger partial charge in [-0.1, -0.05) is 42.5 Å². The van der Waals surface area contributed by atoms with E-state index >= 15 is 0 Å². The average Bonchev–Trinajstić information content (AvgIpc) is 2.63. The molecule has 0 saturated heterocycles. The summed E-state index contributed by atoms with van der Waals surface area (Å²) >= 11 is 0. The van der Waals surface area contributed by atoms with Crippen molar-refractivity contribution >= 4 is 16.7 Å². The molecule has 1 heterocycles. The van der Waals surface area contributed by atoms with Crippen LogP contribution in [0, 0.1) is 11.3 Å². The lowest BCUT2D eigenvalue weighted by Crippen LogP contribution is -2.06. The van der Waals surface area contributed by atoms with Crippen molar-refractivity contribution in [3.63, 3.8) is 0 Å². The first-order valence-corrected chi connectivity index (χ1v) is 8.04. The molecule has 0 saturated carbocycles. The van der Waals surface area contributed by atoms with E-state index in [2.05, 4.69) is 11.1 Å². The molecule has 1 aromatic heterocycles. The van der Waals surface area contributed by atoms with E-state index in [4.69, 9.17) is 10.00 Å². The van der Waals surface area contributed by atoms with E-state index in [0.29, 0.717) is 12.3 Å². The van der Waals surface area contributed by atoms with Crippen LogP contribution in [-0.4, -0.2) is 17.9 Å². The minimum atomic E-state index is -0.703. The van der Waals surface area contributed by atoms with Gasteiger partial charge in [-0.15, -0.1) is 0 Å². The van der Waals surface area contributed by atoms with E-state index in [1.807, 2.05) is 54.6 Å². The maximum atomic E-state index is 11.5. The van der Waals surface area contributed by atoms with Crippen molar-refractivity contribution in [1.29, 1.82) is 5.26 Å². The third-order valence-corrected chi connectivity index (χ3v) is 4.20. The summed E-state index contributed by atoms with van der Waals surface area (Å²) in [5, 5.41) is 10.2. The highest BCUT2D eigenvalue weighted by atomic mass is 16.5. The first kappa shape index (κ1) is 16.7. The van der Waals surface area contributed by atoms with E-state index in [1.54, 1.807) is 7.11 Å². The Balaban J connectivity index is 1.91. The Morgan fingerprint density at radius 1 is 1.20 bits per heavy atom. The molecule has 0 aliphatic rings. The van der Waals surface area contributed by atoms with Crippen LogP contribution in [0.15, 0.2) is 54.6 Å². The summed E-state index contributed by atoms with van der Waals surface area (Å²) in [6.07, 6.45) is 0.665. The number of pyridine rings is 1. The fourth-order valence-electron chi connectivity index (χ4n) is 2.89. The third kappa shape index (κ3) is 3.51. The number of nitriles is 1. The highest BCUT2D eigenvalue weighted by Gasteiger charge is 2.15. The van der Waals surface area contributed by atoms with Crippen molar-refractivity contribution < 1.29 is 9.53 Å². The van der Waals surface area contributed by atoms with Crippen LogP contribution in [0.5, 0.6) is 5.88 Å². The molecule has 0 bridgehead atoms. The van der Waals surface area contributed by atoms with Crippen LogP contribution in [0.25, 0.3) is 10.9 Å². The maximum Gasteiger partial charge on any atom is 0.217 e. The van der Waals surface area contributed by atoms with Crippen LogP contribution >= 0.6 is 0 Å². The van der Waals surface area contributed by atoms with Gasteiger partial charge in [-0.25, -0.2) is 4.98 Å². The number of Topliss-reactive ketones (excluding diaryl/α,β-unsaturated/α-hetero) is 1. The predicted octanol–water partition coefficient (Wildman–Crippen LogP) is 4.03. The normalized spacial score (nSPS) is 11.7. The molecule has 4 nitrogen and oxygen atoms in total. The zero-order valence-corrected chi connectivity index (χ0v) is 14.2. The lowest BCUT2D eigenvalue weighted by molar-refractivity contribution is -0.117. The van der Waals surface area contributed by atoms with Crippen molar-refractivity contribution in [2.75, 3.05) is 7.11 Å². The molecular formula is C21H18N2O2. The van der Waals surface area contributed by atoms with Gasteiger partial charge >= 0.3 is 0 Å². The molecule has 1 unspecified atom stereocenters. The first-order chi connectivity index (χ1) is 12.1. The number of benzene rings is 2. The van der Waals surface area contributed by atoms with Gasteiger partial charge in [-0.2, -0.15) is 5.26 Å². The van der Waals surface area contributed by atoms with Crippen molar-refractivity contribution in [1.82, 2.24) is 4.98 Å². The summed E-state index contributed by atoms with van der Waals surface area (Å²) in [7, 11) is 1.62. The molecule has 25 heavy (non-hydrogen) atoms. The highest BCUT2D eigenvalue weighted by molar-refractivity contribution is 5.86. The number of para-hydroxylation sites is 1. The van der Waals surface area contributed by atoms with Crippen LogP contribution in [0.2, 0.25) is 0 Å². The molecular weight excluding hydrogens is 312 g/mol. The Morgan fingerprint density at radius 2 is 1.92 bits per heavy atom. The molecule has 124 valence electrons. The Kier molecular flexibility index (Phi) is 4.76. The summed E-state index contributed by atoms with van der Waals surface area (Å²) in [4.78, 5) is 16.1. The van der Waals surface area contributed by atoms with E-state index in [1.165, 1.54) is 6.92 Å². The second kappa shape index (κ2) is 7.14. The summed E-state index contributed by atoms with van der Waals surface area (Å²) in [5.74, 6) is -0.233. The number of carbonyl (C=O) groups is 1. The number of fused-ring (bicyclic) bond motifs is 1. The molecule has 0 radical (unpaired) electrons. The van der Waals surface area contributed by atoms with E-state index in [0.717, 1.165) is 27.6 Å². The van der Waals surface area contributed by atoms with Gasteiger partial charge in [-0.3, -0.25) is 4.79 Å². The second-order valence-electron chi connectivity index (χ2n) is 5.94. The molecule has 0 aliphatic heterocycles. The standard InChI is InChI=1S/C21H18N2O2/c1-14(24)19(13-22)16-9-7-15(8-10-16)11-18-12-17-5-3-4-6-20(17)23-21(18)25-2/h3-10,12,19H,11H2,1-2H3. The average molecular weight is 330 g/mol. The monoisotopic (exact) mass is 330 g/mol. The van der Waals surface area contributed by atoms with Gasteiger partial charge in [0.15, 0.2) is 5.78 Å². The van der Waals surface area contributed by atoms with Gasteiger partial charge in [0.2, 0.25) is 5.88 Å². The van der Waals surface area contributed by atoms with Crippen molar-refractivity contribution in [2.24, 2.45) is 0 Å². The van der Waals surface area contributed by atoms with Gasteiger partial charge in [0.05, 0.1) is 18.7 Å². The minimum Gasteiger partial charge on any atom is -0.481 e. The minimum absolute atomic E-state index is 0.143. The molecule has 0 amide bonds. The van der Waals surface area contributed by atoms with Gasteiger partial charge in [0.25, 0.3) is 0 Å². The van der Waals surface area contributed by atoms with Crippen LogP contribution in [0.1, 0.15) is 29.5 Å². The number of aromatic nitrogens is 1. The molecule has 1 atom stereocenters. The van der Waals surface area contributed by atoms with Gasteiger partial charge in [0, 0.05) is 17.4 Å². The van der Waals surface area contributed by atoms with Crippen LogP contribution in [0.4, 0.5) is 0 Å². The molecule has 2 aromatic carbocycles. The number of carbonyl (C=O) groups excluding carboxylic acids is 1. The van der Waals surface area contributed by atoms with Crippen LogP contribution in [0.3, 0.4) is 0 Å². The Morgan fingerprint density at radius 3 is 2.56 bits per heavy atom. The first-order valence-electron chi connectivity index (χ1n) is 8.04. The lowest BCUT2D eigenvalue weighted by Gasteiger charge is -2.11. The number of rotatable bonds is 5. The zero-order chi connectivity index (χ0) is 17.8. The fourth-order valence-corrected chi connectivity index (χ4v) is 2.89. The number of hydrogen-bond acceptors (Lipinski definition) is 4. The SMILES string of the molecule is COc1nc2ccccc2cc1Cc1ccc(C(C#N)C(C)=O)cc1. The zero-order valence-electron chi connectivity index (χ0n) is 14.2. The summed E-state index contributed by atoms with van der Waals surface area (Å²) in [6, 6.07) is 19.6. The van der Waals surface area contributed by atoms with Gasteiger partial charge in [0.1, 0.15) is 5.92 Å². The van der Waals surface area contributed by atoms with Crippen LogP contribution < -0.4 is 4.74 Å². The highest BCUT2D eigenvalue weighted by Crippen LogP contribution is 2.25. The summed E-state index contributed by atoms with van der Waals surface area (Å²) in [6.45, 7) is 1.44. The van der Waals surface area contributed by atoms with Crippen molar-refractivity contribution in [3.05, 3.63) is 71.3 Å². The fraction of sp³-hybridized carbons (Fsp3) is 0.190. The second-order valence-corrected chi connectivity index (χ2v) is 5.94. The van der Waals surface area contributed by atoms with Crippen molar-refractivity contribution in [2.45, 2.75) is 19.3 Å². The maximum absolute atomic E-state index is 11.5.